The fraction of sp³-hybridized carbons (Fsp3) is 0.588. The van der Waals surface area contributed by atoms with E-state index in [4.69, 9.17) is 16.3 Å². The zero-order valence-corrected chi connectivity index (χ0v) is 14.1. The lowest BCUT2D eigenvalue weighted by molar-refractivity contribution is -0.144. The first-order chi connectivity index (χ1) is 9.76. The molecule has 0 amide bonds. The van der Waals surface area contributed by atoms with E-state index in [9.17, 15) is 4.79 Å². The van der Waals surface area contributed by atoms with Crippen molar-refractivity contribution in [3.63, 3.8) is 0 Å². The Labute approximate surface area is 132 Å². The van der Waals surface area contributed by atoms with Crippen molar-refractivity contribution in [3.8, 4) is 0 Å². The molecule has 2 unspecified atom stereocenters. The molecule has 1 aromatic rings. The van der Waals surface area contributed by atoms with Crippen LogP contribution in [0.3, 0.4) is 0 Å². The molecule has 1 N–H and O–H groups in total. The zero-order chi connectivity index (χ0) is 15.8. The number of methoxy groups -OCH3 is 1. The van der Waals surface area contributed by atoms with Gasteiger partial charge in [-0.05, 0) is 41.0 Å². The molecular weight excluding hydrogens is 286 g/mol. The van der Waals surface area contributed by atoms with E-state index in [1.165, 1.54) is 18.2 Å². The Morgan fingerprint density at radius 3 is 2.67 bits per heavy atom. The second-order valence-electron chi connectivity index (χ2n) is 6.85. The van der Waals surface area contributed by atoms with E-state index >= 15 is 0 Å². The second-order valence-corrected chi connectivity index (χ2v) is 7.29. The van der Waals surface area contributed by atoms with Crippen LogP contribution in [0.2, 0.25) is 5.02 Å². The fourth-order valence-corrected chi connectivity index (χ4v) is 3.34. The van der Waals surface area contributed by atoms with Gasteiger partial charge in [0.25, 0.3) is 0 Å². The molecule has 1 aliphatic rings. The van der Waals surface area contributed by atoms with Crippen molar-refractivity contribution in [2.75, 3.05) is 7.11 Å². The first-order valence-electron chi connectivity index (χ1n) is 7.38. The lowest BCUT2D eigenvalue weighted by atomic mass is 9.84. The third kappa shape index (κ3) is 3.24. The van der Waals surface area contributed by atoms with Crippen molar-refractivity contribution in [3.05, 3.63) is 34.3 Å². The van der Waals surface area contributed by atoms with Gasteiger partial charge in [0.2, 0.25) is 0 Å². The van der Waals surface area contributed by atoms with Gasteiger partial charge in [-0.2, -0.15) is 0 Å². The summed E-state index contributed by atoms with van der Waals surface area (Å²) < 4.78 is 4.94. The highest BCUT2D eigenvalue weighted by atomic mass is 35.5. The summed E-state index contributed by atoms with van der Waals surface area (Å²) >= 11 is 6.15. The molecule has 0 saturated heterocycles. The lowest BCUT2D eigenvalue weighted by Gasteiger charge is -2.33. The highest BCUT2D eigenvalue weighted by Crippen LogP contribution is 2.46. The Morgan fingerprint density at radius 1 is 1.43 bits per heavy atom. The average molecular weight is 310 g/mol. The van der Waals surface area contributed by atoms with Gasteiger partial charge in [0.15, 0.2) is 0 Å². The van der Waals surface area contributed by atoms with E-state index in [0.717, 1.165) is 11.4 Å². The van der Waals surface area contributed by atoms with E-state index in [2.05, 4.69) is 25.2 Å². The van der Waals surface area contributed by atoms with Crippen LogP contribution >= 0.6 is 11.6 Å². The van der Waals surface area contributed by atoms with Crippen LogP contribution < -0.4 is 5.32 Å². The standard InChI is InChI=1S/C17H24ClNO2/c1-10(2)14(16(20)21-5)19-15-13-8-12(18)7-6-11(13)9-17(15,3)4/h6-8,10,14-15,19H,9H2,1-5H3. The summed E-state index contributed by atoms with van der Waals surface area (Å²) in [5.41, 5.74) is 2.53. The maximum atomic E-state index is 12.0. The number of halogens is 1. The smallest absolute Gasteiger partial charge is 0.323 e. The van der Waals surface area contributed by atoms with Crippen molar-refractivity contribution in [2.45, 2.75) is 46.2 Å². The van der Waals surface area contributed by atoms with Crippen molar-refractivity contribution >= 4 is 17.6 Å². The third-order valence-electron chi connectivity index (χ3n) is 4.31. The van der Waals surface area contributed by atoms with E-state index in [0.29, 0.717) is 0 Å². The van der Waals surface area contributed by atoms with Gasteiger partial charge in [-0.15, -0.1) is 0 Å². The number of fused-ring (bicyclic) bond motifs is 1. The van der Waals surface area contributed by atoms with Gasteiger partial charge in [-0.25, -0.2) is 0 Å². The van der Waals surface area contributed by atoms with Gasteiger partial charge in [0, 0.05) is 11.1 Å². The molecule has 0 spiro atoms. The molecule has 4 heteroatoms. The molecule has 1 aromatic carbocycles. The molecule has 0 saturated carbocycles. The number of benzene rings is 1. The van der Waals surface area contributed by atoms with E-state index in [1.807, 2.05) is 26.0 Å². The Bertz CT molecular complexity index is 540. The first kappa shape index (κ1) is 16.3. The second kappa shape index (κ2) is 5.98. The van der Waals surface area contributed by atoms with Gasteiger partial charge in [-0.1, -0.05) is 45.4 Å². The summed E-state index contributed by atoms with van der Waals surface area (Å²) in [6.45, 7) is 8.48. The SMILES string of the molecule is COC(=O)C(NC1c2cc(Cl)ccc2CC1(C)C)C(C)C. The normalized spacial score (nSPS) is 21.2. The van der Waals surface area contributed by atoms with Crippen molar-refractivity contribution < 1.29 is 9.53 Å². The summed E-state index contributed by atoms with van der Waals surface area (Å²) in [6.07, 6.45) is 0.975. The van der Waals surface area contributed by atoms with Crippen LogP contribution in [0.4, 0.5) is 0 Å². The third-order valence-corrected chi connectivity index (χ3v) is 4.55. The molecule has 3 nitrogen and oxygen atoms in total. The van der Waals surface area contributed by atoms with E-state index < -0.39 is 0 Å². The quantitative estimate of drug-likeness (QED) is 0.861. The maximum absolute atomic E-state index is 12.0. The molecule has 0 heterocycles. The number of hydrogen-bond donors (Lipinski definition) is 1. The predicted molar refractivity (Wildman–Crippen MR) is 85.5 cm³/mol. The number of carbonyl (C=O) groups is 1. The molecule has 0 bridgehead atoms. The van der Waals surface area contributed by atoms with E-state index in [-0.39, 0.29) is 29.4 Å². The minimum atomic E-state index is -0.316. The predicted octanol–water partition coefficient (Wildman–Crippen LogP) is 3.75. The van der Waals surface area contributed by atoms with Crippen LogP contribution in [0.1, 0.15) is 44.9 Å². The Morgan fingerprint density at radius 2 is 2.10 bits per heavy atom. The zero-order valence-electron chi connectivity index (χ0n) is 13.4. The maximum Gasteiger partial charge on any atom is 0.323 e. The topological polar surface area (TPSA) is 38.3 Å². The van der Waals surface area contributed by atoms with Crippen LogP contribution in [-0.4, -0.2) is 19.1 Å². The van der Waals surface area contributed by atoms with Crippen molar-refractivity contribution in [2.24, 2.45) is 11.3 Å². The highest BCUT2D eigenvalue weighted by Gasteiger charge is 2.41. The lowest BCUT2D eigenvalue weighted by Crippen LogP contribution is -2.46. The van der Waals surface area contributed by atoms with Crippen LogP contribution in [0, 0.1) is 11.3 Å². The average Bonchev–Trinajstić information content (AvgIpc) is 2.64. The van der Waals surface area contributed by atoms with Crippen molar-refractivity contribution in [1.82, 2.24) is 5.32 Å². The Kier molecular flexibility index (Phi) is 4.64. The molecule has 0 fully saturated rings. The Balaban J connectivity index is 2.34. The van der Waals surface area contributed by atoms with Crippen LogP contribution in [0.25, 0.3) is 0 Å². The fourth-order valence-electron chi connectivity index (χ4n) is 3.16. The molecule has 0 radical (unpaired) electrons. The number of ether oxygens (including phenoxy) is 1. The van der Waals surface area contributed by atoms with Crippen molar-refractivity contribution in [1.29, 1.82) is 0 Å². The van der Waals surface area contributed by atoms with Gasteiger partial charge in [-0.3, -0.25) is 10.1 Å². The minimum Gasteiger partial charge on any atom is -0.468 e. The molecule has 21 heavy (non-hydrogen) atoms. The molecular formula is C17H24ClNO2. The molecule has 116 valence electrons. The molecule has 1 aliphatic carbocycles. The Hall–Kier alpha value is -1.06. The van der Waals surface area contributed by atoms with Crippen LogP contribution in [-0.2, 0) is 16.0 Å². The molecule has 2 atom stereocenters. The monoisotopic (exact) mass is 309 g/mol. The molecule has 2 rings (SSSR count). The van der Waals surface area contributed by atoms with Gasteiger partial charge < -0.3 is 4.74 Å². The van der Waals surface area contributed by atoms with Gasteiger partial charge in [0.05, 0.1) is 7.11 Å². The van der Waals surface area contributed by atoms with Gasteiger partial charge >= 0.3 is 5.97 Å². The number of nitrogens with one attached hydrogen (secondary N) is 1. The largest absolute Gasteiger partial charge is 0.468 e. The number of esters is 1. The highest BCUT2D eigenvalue weighted by molar-refractivity contribution is 6.30. The molecule has 0 aliphatic heterocycles. The summed E-state index contributed by atoms with van der Waals surface area (Å²) in [6, 6.07) is 5.81. The summed E-state index contributed by atoms with van der Waals surface area (Å²) in [4.78, 5) is 12.0. The summed E-state index contributed by atoms with van der Waals surface area (Å²) in [7, 11) is 1.43. The first-order valence-corrected chi connectivity index (χ1v) is 7.76. The number of carbonyl (C=O) groups excluding carboxylic acids is 1. The number of rotatable bonds is 4. The van der Waals surface area contributed by atoms with Crippen LogP contribution in [0.5, 0.6) is 0 Å². The van der Waals surface area contributed by atoms with Crippen LogP contribution in [0.15, 0.2) is 18.2 Å². The number of hydrogen-bond acceptors (Lipinski definition) is 3. The summed E-state index contributed by atoms with van der Waals surface area (Å²) in [5.74, 6) is -0.0484. The van der Waals surface area contributed by atoms with E-state index in [1.54, 1.807) is 0 Å². The minimum absolute atomic E-state index is 0.0359. The molecule has 0 aromatic heterocycles. The summed E-state index contributed by atoms with van der Waals surface area (Å²) in [5, 5.41) is 4.24. The van der Waals surface area contributed by atoms with Gasteiger partial charge in [0.1, 0.15) is 6.04 Å².